The summed E-state index contributed by atoms with van der Waals surface area (Å²) in [6.07, 6.45) is 1.60. The smallest absolute Gasteiger partial charge is 0.227 e. The summed E-state index contributed by atoms with van der Waals surface area (Å²) in [6, 6.07) is 0.210. The van der Waals surface area contributed by atoms with Crippen LogP contribution in [0.15, 0.2) is 0 Å². The second-order valence-corrected chi connectivity index (χ2v) is 4.70. The van der Waals surface area contributed by atoms with Gasteiger partial charge in [-0.1, -0.05) is 27.7 Å². The van der Waals surface area contributed by atoms with Crippen LogP contribution in [0.1, 0.15) is 47.5 Å². The van der Waals surface area contributed by atoms with Crippen molar-refractivity contribution in [3.8, 4) is 0 Å². The molecule has 0 aliphatic heterocycles. The number of nitrogens with two attached hydrogens (primary N) is 1. The van der Waals surface area contributed by atoms with Gasteiger partial charge in [0, 0.05) is 12.6 Å². The molecule has 1 amide bonds. The van der Waals surface area contributed by atoms with Crippen LogP contribution in [0.25, 0.3) is 0 Å². The maximum Gasteiger partial charge on any atom is 0.227 e. The highest BCUT2D eigenvalue weighted by Gasteiger charge is 2.34. The first-order valence-electron chi connectivity index (χ1n) is 5.94. The second kappa shape index (κ2) is 6.11. The fourth-order valence-corrected chi connectivity index (χ4v) is 1.48. The maximum absolute atomic E-state index is 12.1. The van der Waals surface area contributed by atoms with Crippen molar-refractivity contribution in [2.24, 2.45) is 17.1 Å². The van der Waals surface area contributed by atoms with E-state index in [4.69, 9.17) is 5.73 Å². The number of hydrogen-bond acceptors (Lipinski definition) is 2. The monoisotopic (exact) mass is 214 g/mol. The van der Waals surface area contributed by atoms with E-state index in [-0.39, 0.29) is 17.4 Å². The molecule has 0 saturated carbocycles. The second-order valence-electron chi connectivity index (χ2n) is 4.70. The van der Waals surface area contributed by atoms with Crippen LogP contribution in [0, 0.1) is 11.3 Å². The van der Waals surface area contributed by atoms with Crippen molar-refractivity contribution in [1.82, 2.24) is 5.32 Å². The van der Waals surface area contributed by atoms with Gasteiger partial charge < -0.3 is 11.1 Å². The van der Waals surface area contributed by atoms with Crippen molar-refractivity contribution in [3.63, 3.8) is 0 Å². The molecule has 0 aliphatic rings. The Hall–Kier alpha value is -0.570. The highest BCUT2D eigenvalue weighted by Crippen LogP contribution is 2.25. The predicted octanol–water partition coefficient (Wildman–Crippen LogP) is 1.91. The fourth-order valence-electron chi connectivity index (χ4n) is 1.48. The van der Waals surface area contributed by atoms with Gasteiger partial charge in [-0.3, -0.25) is 4.79 Å². The molecule has 15 heavy (non-hydrogen) atoms. The standard InChI is InChI=1S/C12H26N2O/c1-6-12(7-2,8-13)11(15)14-10(5)9(3)4/h9-10H,6-8,13H2,1-5H3,(H,14,15). The molecule has 0 heterocycles. The van der Waals surface area contributed by atoms with Crippen molar-refractivity contribution in [1.29, 1.82) is 0 Å². The van der Waals surface area contributed by atoms with Crippen LogP contribution >= 0.6 is 0 Å². The Bertz CT molecular complexity index is 190. The maximum atomic E-state index is 12.1. The van der Waals surface area contributed by atoms with Crippen LogP contribution in [0.2, 0.25) is 0 Å². The van der Waals surface area contributed by atoms with Crippen LogP contribution in [-0.2, 0) is 4.79 Å². The Balaban J connectivity index is 4.52. The van der Waals surface area contributed by atoms with Gasteiger partial charge in [-0.2, -0.15) is 0 Å². The minimum atomic E-state index is -0.372. The summed E-state index contributed by atoms with van der Waals surface area (Å²) in [5, 5.41) is 3.05. The van der Waals surface area contributed by atoms with Gasteiger partial charge in [-0.15, -0.1) is 0 Å². The molecule has 3 N–H and O–H groups in total. The van der Waals surface area contributed by atoms with E-state index in [1.807, 2.05) is 20.8 Å². The van der Waals surface area contributed by atoms with Gasteiger partial charge in [0.2, 0.25) is 5.91 Å². The molecular formula is C12H26N2O. The number of amides is 1. The largest absolute Gasteiger partial charge is 0.353 e. The average molecular weight is 214 g/mol. The molecule has 0 aliphatic carbocycles. The Labute approximate surface area is 93.8 Å². The Morgan fingerprint density at radius 1 is 1.27 bits per heavy atom. The van der Waals surface area contributed by atoms with Crippen LogP contribution in [0.5, 0.6) is 0 Å². The van der Waals surface area contributed by atoms with Gasteiger partial charge in [0.1, 0.15) is 0 Å². The molecule has 3 heteroatoms. The third-order valence-corrected chi connectivity index (χ3v) is 3.58. The van der Waals surface area contributed by atoms with Crippen LogP contribution < -0.4 is 11.1 Å². The minimum absolute atomic E-state index is 0.108. The normalized spacial score (nSPS) is 14.1. The van der Waals surface area contributed by atoms with Crippen molar-refractivity contribution in [3.05, 3.63) is 0 Å². The lowest BCUT2D eigenvalue weighted by atomic mass is 9.81. The minimum Gasteiger partial charge on any atom is -0.353 e. The van der Waals surface area contributed by atoms with Crippen molar-refractivity contribution >= 4 is 5.91 Å². The van der Waals surface area contributed by atoms with Gasteiger partial charge in [-0.25, -0.2) is 0 Å². The first-order chi connectivity index (χ1) is 6.93. The first kappa shape index (κ1) is 14.4. The van der Waals surface area contributed by atoms with Gasteiger partial charge in [0.25, 0.3) is 0 Å². The molecule has 0 rings (SSSR count). The highest BCUT2D eigenvalue weighted by molar-refractivity contribution is 5.83. The molecule has 0 radical (unpaired) electrons. The van der Waals surface area contributed by atoms with Gasteiger partial charge in [-0.05, 0) is 25.7 Å². The van der Waals surface area contributed by atoms with E-state index in [0.717, 1.165) is 12.8 Å². The van der Waals surface area contributed by atoms with E-state index in [9.17, 15) is 4.79 Å². The Morgan fingerprint density at radius 2 is 1.73 bits per heavy atom. The molecule has 0 aromatic heterocycles. The number of carbonyl (C=O) groups excluding carboxylic acids is 1. The summed E-state index contributed by atoms with van der Waals surface area (Å²) in [4.78, 5) is 12.1. The van der Waals surface area contributed by atoms with E-state index in [1.54, 1.807) is 0 Å². The summed E-state index contributed by atoms with van der Waals surface area (Å²) in [5.41, 5.74) is 5.35. The molecule has 0 saturated heterocycles. The van der Waals surface area contributed by atoms with Crippen LogP contribution in [0.3, 0.4) is 0 Å². The number of hydrogen-bond donors (Lipinski definition) is 2. The van der Waals surface area contributed by atoms with E-state index in [1.165, 1.54) is 0 Å². The van der Waals surface area contributed by atoms with Gasteiger partial charge in [0.15, 0.2) is 0 Å². The fraction of sp³-hybridized carbons (Fsp3) is 0.917. The first-order valence-corrected chi connectivity index (χ1v) is 5.94. The molecule has 0 aromatic rings. The zero-order valence-electron chi connectivity index (χ0n) is 10.8. The van der Waals surface area contributed by atoms with E-state index in [2.05, 4.69) is 19.2 Å². The summed E-state index contributed by atoms with van der Waals surface area (Å²) in [5.74, 6) is 0.564. The van der Waals surface area contributed by atoms with Crippen LogP contribution in [-0.4, -0.2) is 18.5 Å². The zero-order chi connectivity index (χ0) is 12.1. The molecule has 0 aromatic carbocycles. The van der Waals surface area contributed by atoms with Crippen molar-refractivity contribution < 1.29 is 4.79 Å². The summed E-state index contributed by atoms with van der Waals surface area (Å²) in [6.45, 7) is 10.7. The average Bonchev–Trinajstić information content (AvgIpc) is 2.21. The molecule has 90 valence electrons. The van der Waals surface area contributed by atoms with Gasteiger partial charge in [0.05, 0.1) is 5.41 Å². The summed E-state index contributed by atoms with van der Waals surface area (Å²) in [7, 11) is 0. The molecule has 0 fully saturated rings. The molecule has 1 atom stereocenters. The zero-order valence-corrected chi connectivity index (χ0v) is 10.8. The molecule has 3 nitrogen and oxygen atoms in total. The lowest BCUT2D eigenvalue weighted by Gasteiger charge is -2.31. The lowest BCUT2D eigenvalue weighted by Crippen LogP contribution is -2.49. The Kier molecular flexibility index (Phi) is 5.88. The number of carbonyl (C=O) groups is 1. The lowest BCUT2D eigenvalue weighted by molar-refractivity contribution is -0.132. The molecule has 1 unspecified atom stereocenters. The van der Waals surface area contributed by atoms with Gasteiger partial charge >= 0.3 is 0 Å². The third-order valence-electron chi connectivity index (χ3n) is 3.58. The number of nitrogens with one attached hydrogen (secondary N) is 1. The summed E-state index contributed by atoms with van der Waals surface area (Å²) < 4.78 is 0. The molecule has 0 bridgehead atoms. The summed E-state index contributed by atoms with van der Waals surface area (Å²) >= 11 is 0. The van der Waals surface area contributed by atoms with E-state index < -0.39 is 0 Å². The van der Waals surface area contributed by atoms with E-state index >= 15 is 0 Å². The third kappa shape index (κ3) is 3.49. The van der Waals surface area contributed by atoms with Crippen LogP contribution in [0.4, 0.5) is 0 Å². The van der Waals surface area contributed by atoms with Crippen molar-refractivity contribution in [2.45, 2.75) is 53.5 Å². The molecular weight excluding hydrogens is 188 g/mol. The number of rotatable bonds is 6. The topological polar surface area (TPSA) is 55.1 Å². The quantitative estimate of drug-likeness (QED) is 0.709. The molecule has 0 spiro atoms. The van der Waals surface area contributed by atoms with E-state index in [0.29, 0.717) is 12.5 Å². The van der Waals surface area contributed by atoms with Crippen molar-refractivity contribution in [2.75, 3.05) is 6.54 Å². The highest BCUT2D eigenvalue weighted by atomic mass is 16.2. The SMILES string of the molecule is CCC(CC)(CN)C(=O)NC(C)C(C)C. The predicted molar refractivity (Wildman–Crippen MR) is 64.5 cm³/mol. The Morgan fingerprint density at radius 3 is 2.00 bits per heavy atom.